The first-order chi connectivity index (χ1) is 8.54. The van der Waals surface area contributed by atoms with E-state index in [0.29, 0.717) is 24.8 Å². The summed E-state index contributed by atoms with van der Waals surface area (Å²) in [6.45, 7) is 0. The number of ether oxygens (including phenoxy) is 1. The third-order valence-corrected chi connectivity index (χ3v) is 3.12. The highest BCUT2D eigenvalue weighted by atomic mass is 79.9. The molecule has 0 bridgehead atoms. The maximum atomic E-state index is 11.8. The van der Waals surface area contributed by atoms with Gasteiger partial charge in [-0.3, -0.25) is 9.59 Å². The van der Waals surface area contributed by atoms with Crippen LogP contribution in [0.15, 0.2) is 28.7 Å². The van der Waals surface area contributed by atoms with Crippen molar-refractivity contribution in [1.82, 2.24) is 0 Å². The highest BCUT2D eigenvalue weighted by Gasteiger charge is 2.14. The van der Waals surface area contributed by atoms with Crippen LogP contribution in [-0.4, -0.2) is 24.9 Å². The molecule has 0 aliphatic rings. The summed E-state index contributed by atoms with van der Waals surface area (Å²) in [5, 5.41) is 0. The second-order valence-electron chi connectivity index (χ2n) is 3.95. The summed E-state index contributed by atoms with van der Waals surface area (Å²) in [6.07, 6.45) is 1.41. The lowest BCUT2D eigenvalue weighted by molar-refractivity contribution is -0.142. The molecular weight excluding hydrogens is 298 g/mol. The Kier molecular flexibility index (Phi) is 6.01. The van der Waals surface area contributed by atoms with Gasteiger partial charge in [-0.05, 0) is 25.0 Å². The highest BCUT2D eigenvalue weighted by molar-refractivity contribution is 9.10. The fourth-order valence-electron chi connectivity index (χ4n) is 1.53. The van der Waals surface area contributed by atoms with E-state index in [1.807, 2.05) is 12.1 Å². The smallest absolute Gasteiger partial charge is 0.322 e. The van der Waals surface area contributed by atoms with Crippen LogP contribution in [-0.2, 0) is 9.53 Å². The van der Waals surface area contributed by atoms with Gasteiger partial charge in [0.15, 0.2) is 5.78 Å². The van der Waals surface area contributed by atoms with E-state index in [2.05, 4.69) is 20.7 Å². The Morgan fingerprint density at radius 1 is 1.33 bits per heavy atom. The maximum absolute atomic E-state index is 11.8. The number of carbonyl (C=O) groups excluding carboxylic acids is 2. The largest absolute Gasteiger partial charge is 0.468 e. The quantitative estimate of drug-likeness (QED) is 0.646. The van der Waals surface area contributed by atoms with Gasteiger partial charge in [0, 0.05) is 16.5 Å². The van der Waals surface area contributed by atoms with Gasteiger partial charge in [0.25, 0.3) is 0 Å². The number of esters is 1. The van der Waals surface area contributed by atoms with Gasteiger partial charge >= 0.3 is 5.97 Å². The highest BCUT2D eigenvalue weighted by Crippen LogP contribution is 2.13. The Labute approximate surface area is 115 Å². The SMILES string of the molecule is COC(=O)C(N)CCCC(=O)c1ccc(Br)cc1. The van der Waals surface area contributed by atoms with Gasteiger partial charge in [-0.15, -0.1) is 0 Å². The molecule has 0 spiro atoms. The zero-order chi connectivity index (χ0) is 13.5. The van der Waals surface area contributed by atoms with E-state index in [-0.39, 0.29) is 5.78 Å². The lowest BCUT2D eigenvalue weighted by Gasteiger charge is -2.08. The standard InChI is InChI=1S/C13H16BrNO3/c1-18-13(17)11(15)3-2-4-12(16)9-5-7-10(14)8-6-9/h5-8,11H,2-4,15H2,1H3. The molecular formula is C13H16BrNO3. The molecule has 18 heavy (non-hydrogen) atoms. The number of nitrogens with two attached hydrogens (primary N) is 1. The molecule has 0 aromatic heterocycles. The normalized spacial score (nSPS) is 11.9. The molecule has 0 aliphatic carbocycles. The van der Waals surface area contributed by atoms with Crippen molar-refractivity contribution in [3.8, 4) is 0 Å². The third-order valence-electron chi connectivity index (χ3n) is 2.59. The van der Waals surface area contributed by atoms with Crippen molar-refractivity contribution in [2.24, 2.45) is 5.73 Å². The zero-order valence-electron chi connectivity index (χ0n) is 10.2. The van der Waals surface area contributed by atoms with Crippen molar-refractivity contribution >= 4 is 27.7 Å². The van der Waals surface area contributed by atoms with Crippen LogP contribution in [0.3, 0.4) is 0 Å². The van der Waals surface area contributed by atoms with Crippen molar-refractivity contribution in [1.29, 1.82) is 0 Å². The third kappa shape index (κ3) is 4.58. The molecule has 1 unspecified atom stereocenters. The zero-order valence-corrected chi connectivity index (χ0v) is 11.8. The monoisotopic (exact) mass is 313 g/mol. The average molecular weight is 314 g/mol. The lowest BCUT2D eigenvalue weighted by atomic mass is 10.0. The molecule has 2 N–H and O–H groups in total. The summed E-state index contributed by atoms with van der Waals surface area (Å²) in [4.78, 5) is 22.9. The van der Waals surface area contributed by atoms with E-state index < -0.39 is 12.0 Å². The summed E-state index contributed by atoms with van der Waals surface area (Å²) in [7, 11) is 1.30. The predicted molar refractivity (Wildman–Crippen MR) is 72.3 cm³/mol. The van der Waals surface area contributed by atoms with Crippen molar-refractivity contribution in [2.75, 3.05) is 7.11 Å². The Balaban J connectivity index is 2.38. The van der Waals surface area contributed by atoms with Gasteiger partial charge in [-0.2, -0.15) is 0 Å². The van der Waals surface area contributed by atoms with Gasteiger partial charge < -0.3 is 10.5 Å². The second-order valence-corrected chi connectivity index (χ2v) is 4.87. The second kappa shape index (κ2) is 7.28. The van der Waals surface area contributed by atoms with Gasteiger partial charge in [-0.1, -0.05) is 28.1 Å². The van der Waals surface area contributed by atoms with Crippen LogP contribution in [0, 0.1) is 0 Å². The summed E-state index contributed by atoms with van der Waals surface area (Å²) in [5.41, 5.74) is 6.25. The first-order valence-electron chi connectivity index (χ1n) is 5.66. The van der Waals surface area contributed by atoms with Gasteiger partial charge in [-0.25, -0.2) is 0 Å². The van der Waals surface area contributed by atoms with Crippen molar-refractivity contribution < 1.29 is 14.3 Å². The molecule has 4 nitrogen and oxygen atoms in total. The Morgan fingerprint density at radius 3 is 2.50 bits per heavy atom. The van der Waals surface area contributed by atoms with E-state index in [0.717, 1.165) is 4.47 Å². The van der Waals surface area contributed by atoms with Crippen molar-refractivity contribution in [3.63, 3.8) is 0 Å². The summed E-state index contributed by atoms with van der Waals surface area (Å²) in [5.74, 6) is -0.384. The van der Waals surface area contributed by atoms with Crippen LogP contribution >= 0.6 is 15.9 Å². The first-order valence-corrected chi connectivity index (χ1v) is 6.46. The minimum absolute atomic E-state index is 0.0552. The van der Waals surface area contributed by atoms with E-state index in [1.54, 1.807) is 12.1 Å². The topological polar surface area (TPSA) is 69.4 Å². The molecule has 98 valence electrons. The number of ketones is 1. The molecule has 0 saturated carbocycles. The van der Waals surface area contributed by atoms with Crippen LogP contribution in [0.5, 0.6) is 0 Å². The molecule has 0 aliphatic heterocycles. The van der Waals surface area contributed by atoms with E-state index >= 15 is 0 Å². The predicted octanol–water partition coefficient (Wildman–Crippen LogP) is 2.30. The van der Waals surface area contributed by atoms with Gasteiger partial charge in [0.05, 0.1) is 7.11 Å². The molecule has 1 aromatic carbocycles. The van der Waals surface area contributed by atoms with E-state index in [9.17, 15) is 9.59 Å². The molecule has 5 heteroatoms. The molecule has 0 amide bonds. The summed E-state index contributed by atoms with van der Waals surface area (Å²) >= 11 is 3.31. The molecule has 1 atom stereocenters. The number of hydrogen-bond donors (Lipinski definition) is 1. The molecule has 0 saturated heterocycles. The summed E-state index contributed by atoms with van der Waals surface area (Å²) in [6, 6.07) is 6.55. The minimum Gasteiger partial charge on any atom is -0.468 e. The number of rotatable bonds is 6. The van der Waals surface area contributed by atoms with Crippen LogP contribution in [0.1, 0.15) is 29.6 Å². The van der Waals surface area contributed by atoms with Crippen molar-refractivity contribution in [2.45, 2.75) is 25.3 Å². The number of Topliss-reactive ketones (excluding diaryl/α,β-unsaturated/α-hetero) is 1. The minimum atomic E-state index is -0.646. The molecule has 0 fully saturated rings. The Bertz CT molecular complexity index is 417. The molecule has 0 radical (unpaired) electrons. The van der Waals surface area contributed by atoms with Crippen LogP contribution < -0.4 is 5.73 Å². The number of methoxy groups -OCH3 is 1. The average Bonchev–Trinajstić information content (AvgIpc) is 2.38. The van der Waals surface area contributed by atoms with E-state index in [4.69, 9.17) is 5.73 Å². The van der Waals surface area contributed by atoms with Crippen LogP contribution in [0.4, 0.5) is 0 Å². The van der Waals surface area contributed by atoms with Gasteiger partial charge in [0.2, 0.25) is 0 Å². The van der Waals surface area contributed by atoms with Gasteiger partial charge in [0.1, 0.15) is 6.04 Å². The number of hydrogen-bond acceptors (Lipinski definition) is 4. The van der Waals surface area contributed by atoms with Crippen LogP contribution in [0.25, 0.3) is 0 Å². The first kappa shape index (κ1) is 14.9. The lowest BCUT2D eigenvalue weighted by Crippen LogP contribution is -2.31. The summed E-state index contributed by atoms with van der Waals surface area (Å²) < 4.78 is 5.45. The Morgan fingerprint density at radius 2 is 1.94 bits per heavy atom. The fraction of sp³-hybridized carbons (Fsp3) is 0.385. The molecule has 1 aromatic rings. The fourth-order valence-corrected chi connectivity index (χ4v) is 1.80. The van der Waals surface area contributed by atoms with Crippen LogP contribution in [0.2, 0.25) is 0 Å². The van der Waals surface area contributed by atoms with Crippen molar-refractivity contribution in [3.05, 3.63) is 34.3 Å². The molecule has 0 heterocycles. The molecule has 1 rings (SSSR count). The Hall–Kier alpha value is -1.20. The number of halogens is 1. The van der Waals surface area contributed by atoms with E-state index in [1.165, 1.54) is 7.11 Å². The number of carbonyl (C=O) groups is 2. The number of benzene rings is 1. The maximum Gasteiger partial charge on any atom is 0.322 e.